The van der Waals surface area contributed by atoms with Crippen molar-refractivity contribution in [2.24, 2.45) is 5.92 Å². The van der Waals surface area contributed by atoms with Crippen LogP contribution in [0.2, 0.25) is 0 Å². The second kappa shape index (κ2) is 5.65. The zero-order chi connectivity index (χ0) is 12.2. The Kier molecular flexibility index (Phi) is 4.76. The van der Waals surface area contributed by atoms with Crippen LogP contribution in [-0.4, -0.2) is 36.1 Å². The minimum Gasteiger partial charge on any atom is -0.300 e. The average Bonchev–Trinajstić information content (AvgIpc) is 2.99. The number of nitriles is 1. The maximum Gasteiger partial charge on any atom is 0.116 e. The standard InChI is InChI=1S/C13H25N3/c1-5-16(8-12-6-7-12)10-13(4,9-14)15-11(2)3/h11-12,15H,5-8,10H2,1-4H3. The van der Waals surface area contributed by atoms with Gasteiger partial charge in [-0.25, -0.2) is 0 Å². The summed E-state index contributed by atoms with van der Waals surface area (Å²) in [7, 11) is 0. The molecule has 3 nitrogen and oxygen atoms in total. The van der Waals surface area contributed by atoms with Crippen LogP contribution in [0.4, 0.5) is 0 Å². The SMILES string of the molecule is CCN(CC1CC1)CC(C)(C#N)NC(C)C. The quantitative estimate of drug-likeness (QED) is 0.717. The van der Waals surface area contributed by atoms with Crippen molar-refractivity contribution < 1.29 is 0 Å². The van der Waals surface area contributed by atoms with Crippen molar-refractivity contribution in [2.45, 2.75) is 52.1 Å². The predicted molar refractivity (Wildman–Crippen MR) is 67.1 cm³/mol. The summed E-state index contributed by atoms with van der Waals surface area (Å²) in [5.41, 5.74) is -0.418. The third kappa shape index (κ3) is 4.51. The van der Waals surface area contributed by atoms with Gasteiger partial charge in [-0.05, 0) is 46.1 Å². The lowest BCUT2D eigenvalue weighted by molar-refractivity contribution is 0.214. The highest BCUT2D eigenvalue weighted by Crippen LogP contribution is 2.30. The van der Waals surface area contributed by atoms with Crippen molar-refractivity contribution in [3.8, 4) is 6.07 Å². The van der Waals surface area contributed by atoms with Crippen LogP contribution in [0.15, 0.2) is 0 Å². The van der Waals surface area contributed by atoms with Gasteiger partial charge in [0.25, 0.3) is 0 Å². The van der Waals surface area contributed by atoms with Gasteiger partial charge in [-0.15, -0.1) is 0 Å². The first-order chi connectivity index (χ1) is 7.49. The highest BCUT2D eigenvalue weighted by molar-refractivity contribution is 5.06. The lowest BCUT2D eigenvalue weighted by atomic mass is 10.0. The molecule has 0 radical (unpaired) electrons. The number of nitrogens with one attached hydrogen (secondary N) is 1. The van der Waals surface area contributed by atoms with Gasteiger partial charge >= 0.3 is 0 Å². The van der Waals surface area contributed by atoms with Crippen molar-refractivity contribution in [2.75, 3.05) is 19.6 Å². The van der Waals surface area contributed by atoms with E-state index in [0.717, 1.165) is 25.6 Å². The van der Waals surface area contributed by atoms with E-state index in [4.69, 9.17) is 0 Å². The molecule has 92 valence electrons. The Morgan fingerprint density at radius 1 is 1.50 bits per heavy atom. The molecule has 16 heavy (non-hydrogen) atoms. The smallest absolute Gasteiger partial charge is 0.116 e. The Hall–Kier alpha value is -0.590. The molecule has 1 aliphatic carbocycles. The molecule has 1 aliphatic rings. The number of hydrogen-bond donors (Lipinski definition) is 1. The molecule has 1 unspecified atom stereocenters. The summed E-state index contributed by atoms with van der Waals surface area (Å²) >= 11 is 0. The monoisotopic (exact) mass is 223 g/mol. The van der Waals surface area contributed by atoms with Crippen LogP contribution in [0.3, 0.4) is 0 Å². The molecule has 0 aliphatic heterocycles. The third-order valence-electron chi connectivity index (χ3n) is 3.05. The van der Waals surface area contributed by atoms with E-state index in [1.54, 1.807) is 0 Å². The highest BCUT2D eigenvalue weighted by atomic mass is 15.2. The van der Waals surface area contributed by atoms with Crippen LogP contribution >= 0.6 is 0 Å². The fourth-order valence-corrected chi connectivity index (χ4v) is 2.17. The Morgan fingerprint density at radius 3 is 2.50 bits per heavy atom. The molecule has 3 heteroatoms. The lowest BCUT2D eigenvalue weighted by Crippen LogP contribution is -2.53. The largest absolute Gasteiger partial charge is 0.300 e. The van der Waals surface area contributed by atoms with Crippen molar-refractivity contribution in [3.05, 3.63) is 0 Å². The van der Waals surface area contributed by atoms with Crippen LogP contribution in [0.5, 0.6) is 0 Å². The molecule has 0 aromatic carbocycles. The molecule has 1 fully saturated rings. The molecule has 0 aromatic rings. The van der Waals surface area contributed by atoms with E-state index >= 15 is 0 Å². The number of rotatable bonds is 7. The number of nitrogens with zero attached hydrogens (tertiary/aromatic N) is 2. The van der Waals surface area contributed by atoms with Crippen LogP contribution in [0.25, 0.3) is 0 Å². The van der Waals surface area contributed by atoms with Crippen LogP contribution in [0.1, 0.15) is 40.5 Å². The molecule has 0 heterocycles. The zero-order valence-electron chi connectivity index (χ0n) is 11.1. The summed E-state index contributed by atoms with van der Waals surface area (Å²) in [6, 6.07) is 2.77. The van der Waals surface area contributed by atoms with Crippen molar-refractivity contribution >= 4 is 0 Å². The molecule has 0 spiro atoms. The van der Waals surface area contributed by atoms with Crippen LogP contribution in [-0.2, 0) is 0 Å². The molecule has 0 bridgehead atoms. The van der Waals surface area contributed by atoms with Crippen molar-refractivity contribution in [3.63, 3.8) is 0 Å². The molecule has 0 aromatic heterocycles. The third-order valence-corrected chi connectivity index (χ3v) is 3.05. The second-order valence-electron chi connectivity index (χ2n) is 5.51. The van der Waals surface area contributed by atoms with E-state index in [1.807, 2.05) is 6.92 Å². The number of likely N-dealkylation sites (N-methyl/N-ethyl adjacent to an activating group) is 1. The minimum atomic E-state index is -0.418. The Balaban J connectivity index is 2.48. The summed E-state index contributed by atoms with van der Waals surface area (Å²) in [5, 5.41) is 12.7. The van der Waals surface area contributed by atoms with E-state index in [-0.39, 0.29) is 0 Å². The summed E-state index contributed by atoms with van der Waals surface area (Å²) in [6.45, 7) is 11.4. The topological polar surface area (TPSA) is 39.1 Å². The maximum atomic E-state index is 9.29. The van der Waals surface area contributed by atoms with Gasteiger partial charge in [0, 0.05) is 19.1 Å². The first-order valence-corrected chi connectivity index (χ1v) is 6.40. The molecule has 1 N–H and O–H groups in total. The highest BCUT2D eigenvalue weighted by Gasteiger charge is 2.30. The van der Waals surface area contributed by atoms with Crippen LogP contribution < -0.4 is 5.32 Å². The molecule has 1 atom stereocenters. The Morgan fingerprint density at radius 2 is 2.12 bits per heavy atom. The van der Waals surface area contributed by atoms with E-state index in [2.05, 4.69) is 37.1 Å². The lowest BCUT2D eigenvalue weighted by Gasteiger charge is -2.32. The second-order valence-corrected chi connectivity index (χ2v) is 5.51. The van der Waals surface area contributed by atoms with E-state index < -0.39 is 5.54 Å². The normalized spacial score (nSPS) is 19.8. The Bertz CT molecular complexity index is 252. The first-order valence-electron chi connectivity index (χ1n) is 6.40. The summed E-state index contributed by atoms with van der Waals surface area (Å²) in [6.07, 6.45) is 2.74. The molecule has 0 amide bonds. The molecular formula is C13H25N3. The van der Waals surface area contributed by atoms with Gasteiger partial charge in [-0.2, -0.15) is 5.26 Å². The molecule has 0 saturated heterocycles. The maximum absolute atomic E-state index is 9.29. The van der Waals surface area contributed by atoms with Gasteiger partial charge in [0.05, 0.1) is 6.07 Å². The zero-order valence-corrected chi connectivity index (χ0v) is 11.1. The number of hydrogen-bond acceptors (Lipinski definition) is 3. The van der Waals surface area contributed by atoms with Gasteiger partial charge in [0.15, 0.2) is 0 Å². The molecule has 1 rings (SSSR count). The fourth-order valence-electron chi connectivity index (χ4n) is 2.17. The van der Waals surface area contributed by atoms with Gasteiger partial charge in [0.1, 0.15) is 5.54 Å². The van der Waals surface area contributed by atoms with Gasteiger partial charge in [-0.1, -0.05) is 6.92 Å². The molecule has 1 saturated carbocycles. The van der Waals surface area contributed by atoms with E-state index in [9.17, 15) is 5.26 Å². The van der Waals surface area contributed by atoms with E-state index in [1.165, 1.54) is 12.8 Å². The summed E-state index contributed by atoms with van der Waals surface area (Å²) in [5.74, 6) is 0.891. The predicted octanol–water partition coefficient (Wildman–Crippen LogP) is 2.00. The fraction of sp³-hybridized carbons (Fsp3) is 0.923. The van der Waals surface area contributed by atoms with Gasteiger partial charge in [-0.3, -0.25) is 5.32 Å². The van der Waals surface area contributed by atoms with Gasteiger partial charge in [0.2, 0.25) is 0 Å². The van der Waals surface area contributed by atoms with Crippen LogP contribution in [0, 0.1) is 17.2 Å². The van der Waals surface area contributed by atoms with Gasteiger partial charge < -0.3 is 4.90 Å². The minimum absolute atomic E-state index is 0.351. The molecular weight excluding hydrogens is 198 g/mol. The average molecular weight is 223 g/mol. The summed E-state index contributed by atoms with van der Waals surface area (Å²) in [4.78, 5) is 2.40. The van der Waals surface area contributed by atoms with Crippen molar-refractivity contribution in [1.29, 1.82) is 5.26 Å². The summed E-state index contributed by atoms with van der Waals surface area (Å²) < 4.78 is 0. The van der Waals surface area contributed by atoms with E-state index in [0.29, 0.717) is 6.04 Å². The Labute approximate surface area is 99.8 Å². The van der Waals surface area contributed by atoms with Crippen molar-refractivity contribution in [1.82, 2.24) is 10.2 Å². The first kappa shape index (κ1) is 13.5.